The molecule has 1 saturated heterocycles. The van der Waals surface area contributed by atoms with Crippen LogP contribution in [-0.2, 0) is 14.3 Å². The minimum atomic E-state index is -0.157. The fourth-order valence-corrected chi connectivity index (χ4v) is 10.8. The summed E-state index contributed by atoms with van der Waals surface area (Å²) in [5, 5.41) is 0. The van der Waals surface area contributed by atoms with Crippen molar-refractivity contribution in [3.63, 3.8) is 0 Å². The lowest BCUT2D eigenvalue weighted by molar-refractivity contribution is -0.191. The number of fused-ring (bicyclic) bond motifs is 6. The Labute approximate surface area is 215 Å². The molecule has 11 atom stereocenters. The van der Waals surface area contributed by atoms with Crippen LogP contribution in [-0.4, -0.2) is 24.8 Å². The van der Waals surface area contributed by atoms with E-state index in [1.54, 1.807) is 0 Å². The molecule has 0 N–H and O–H groups in total. The van der Waals surface area contributed by atoms with E-state index in [1.165, 1.54) is 77.6 Å². The van der Waals surface area contributed by atoms with Gasteiger partial charge in [0, 0.05) is 6.92 Å². The Hall–Kier alpha value is -0.570. The Kier molecular flexibility index (Phi) is 7.41. The van der Waals surface area contributed by atoms with Crippen LogP contribution in [0.2, 0.25) is 0 Å². The summed E-state index contributed by atoms with van der Waals surface area (Å²) in [5.41, 5.74) is 1.03. The second kappa shape index (κ2) is 9.95. The van der Waals surface area contributed by atoms with Gasteiger partial charge in [0.2, 0.25) is 0 Å². The van der Waals surface area contributed by atoms with Crippen LogP contribution in [0.4, 0.5) is 0 Å². The molecule has 4 aliphatic carbocycles. The van der Waals surface area contributed by atoms with Crippen LogP contribution in [0, 0.1) is 58.2 Å². The molecule has 0 bridgehead atoms. The summed E-state index contributed by atoms with van der Waals surface area (Å²) in [4.78, 5) is 11.6. The second-order valence-electron chi connectivity index (χ2n) is 14.7. The Balaban J connectivity index is 1.28. The van der Waals surface area contributed by atoms with Crippen LogP contribution >= 0.6 is 0 Å². The van der Waals surface area contributed by atoms with Gasteiger partial charge in [0.1, 0.15) is 6.10 Å². The number of ether oxygens (including phenoxy) is 2. The number of carbonyl (C=O) groups is 1. The Morgan fingerprint density at radius 3 is 2.49 bits per heavy atom. The highest BCUT2D eigenvalue weighted by Gasteiger charge is 2.61. The summed E-state index contributed by atoms with van der Waals surface area (Å²) >= 11 is 0. The number of hydrogen-bond donors (Lipinski definition) is 0. The molecule has 0 unspecified atom stereocenters. The molecule has 200 valence electrons. The third kappa shape index (κ3) is 4.74. The molecule has 1 aliphatic heterocycles. The minimum Gasteiger partial charge on any atom is -0.460 e. The van der Waals surface area contributed by atoms with Crippen molar-refractivity contribution in [3.05, 3.63) is 0 Å². The van der Waals surface area contributed by atoms with Crippen LogP contribution in [0.5, 0.6) is 0 Å². The maximum absolute atomic E-state index is 11.6. The van der Waals surface area contributed by atoms with Crippen LogP contribution in [0.3, 0.4) is 0 Å². The fraction of sp³-hybridized carbons (Fsp3) is 0.969. The number of carbonyl (C=O) groups excluding carboxylic acids is 1. The summed E-state index contributed by atoms with van der Waals surface area (Å²) < 4.78 is 11.9. The van der Waals surface area contributed by atoms with Gasteiger partial charge in [0.25, 0.3) is 0 Å². The van der Waals surface area contributed by atoms with Crippen molar-refractivity contribution in [2.75, 3.05) is 6.61 Å². The molecule has 5 aliphatic rings. The normalized spacial score (nSPS) is 47.9. The van der Waals surface area contributed by atoms with Crippen molar-refractivity contribution in [3.8, 4) is 0 Å². The molecule has 3 nitrogen and oxygen atoms in total. The monoisotopic (exact) mass is 486 g/mol. The Morgan fingerprint density at radius 1 is 0.971 bits per heavy atom. The van der Waals surface area contributed by atoms with Gasteiger partial charge in [-0.1, -0.05) is 53.9 Å². The molecule has 35 heavy (non-hydrogen) atoms. The lowest BCUT2D eigenvalue weighted by Gasteiger charge is -2.63. The van der Waals surface area contributed by atoms with Crippen molar-refractivity contribution in [2.24, 2.45) is 58.2 Å². The van der Waals surface area contributed by atoms with Gasteiger partial charge in [-0.25, -0.2) is 0 Å². The predicted molar refractivity (Wildman–Crippen MR) is 142 cm³/mol. The molecule has 0 spiro atoms. The van der Waals surface area contributed by atoms with Gasteiger partial charge in [0.05, 0.1) is 12.7 Å². The van der Waals surface area contributed by atoms with Crippen molar-refractivity contribution in [1.82, 2.24) is 0 Å². The maximum Gasteiger partial charge on any atom is 0.302 e. The van der Waals surface area contributed by atoms with Gasteiger partial charge < -0.3 is 9.47 Å². The highest BCUT2D eigenvalue weighted by molar-refractivity contribution is 5.66. The quantitative estimate of drug-likeness (QED) is 0.356. The van der Waals surface area contributed by atoms with Gasteiger partial charge in [-0.15, -0.1) is 0 Å². The third-order valence-corrected chi connectivity index (χ3v) is 12.4. The van der Waals surface area contributed by atoms with Crippen LogP contribution in [0.25, 0.3) is 0 Å². The molecular weight excluding hydrogens is 432 g/mol. The fourth-order valence-electron chi connectivity index (χ4n) is 10.8. The van der Waals surface area contributed by atoms with Crippen molar-refractivity contribution in [1.29, 1.82) is 0 Å². The van der Waals surface area contributed by atoms with E-state index in [4.69, 9.17) is 9.47 Å². The summed E-state index contributed by atoms with van der Waals surface area (Å²) in [6.45, 7) is 14.9. The van der Waals surface area contributed by atoms with E-state index in [-0.39, 0.29) is 12.1 Å². The van der Waals surface area contributed by atoms with Gasteiger partial charge in [-0.3, -0.25) is 4.79 Å². The van der Waals surface area contributed by atoms with Crippen LogP contribution in [0.15, 0.2) is 0 Å². The van der Waals surface area contributed by atoms with Gasteiger partial charge in [-0.2, -0.15) is 0 Å². The summed E-state index contributed by atoms with van der Waals surface area (Å²) in [6, 6.07) is 0. The molecule has 5 rings (SSSR count). The minimum absolute atomic E-state index is 0.0318. The van der Waals surface area contributed by atoms with Crippen molar-refractivity contribution >= 4 is 5.97 Å². The summed E-state index contributed by atoms with van der Waals surface area (Å²) in [7, 11) is 0. The van der Waals surface area contributed by atoms with Gasteiger partial charge in [0.15, 0.2) is 0 Å². The number of rotatable bonds is 6. The molecule has 1 heterocycles. The van der Waals surface area contributed by atoms with E-state index >= 15 is 0 Å². The molecule has 0 aromatic carbocycles. The van der Waals surface area contributed by atoms with Gasteiger partial charge in [-0.05, 0) is 116 Å². The average Bonchev–Trinajstić information content (AvgIpc) is 3.14. The predicted octanol–water partition coefficient (Wildman–Crippen LogP) is 8.05. The Bertz CT molecular complexity index is 762. The first kappa shape index (κ1) is 26.1. The first-order valence-electron chi connectivity index (χ1n) is 15.4. The number of hydrogen-bond acceptors (Lipinski definition) is 3. The lowest BCUT2D eigenvalue weighted by atomic mass is 9.43. The van der Waals surface area contributed by atoms with E-state index in [2.05, 4.69) is 34.6 Å². The standard InChI is InChI=1S/C32H54O3/c1-20(2)8-7-9-21(3)27-12-13-28-26-11-10-24-17-30-23(16-25(19-34-30)35-22(4)33)18-32(24,6)29(26)14-15-31(27,28)5/h20-21,23-30H,7-19H2,1-6H3/t21-,23-,24+,25-,26+,27-,28+,29+,30-,31-,32+/m1/s1. The highest BCUT2D eigenvalue weighted by Crippen LogP contribution is 2.69. The van der Waals surface area contributed by atoms with E-state index in [0.717, 1.165) is 47.8 Å². The highest BCUT2D eigenvalue weighted by atomic mass is 16.6. The first-order chi connectivity index (χ1) is 16.6. The zero-order chi connectivity index (χ0) is 25.0. The lowest BCUT2D eigenvalue weighted by Crippen LogP contribution is -2.57. The third-order valence-electron chi connectivity index (χ3n) is 12.4. The smallest absolute Gasteiger partial charge is 0.302 e. The molecule has 0 aromatic heterocycles. The second-order valence-corrected chi connectivity index (χ2v) is 14.7. The molecule has 0 radical (unpaired) electrons. The average molecular weight is 487 g/mol. The largest absolute Gasteiger partial charge is 0.460 e. The Morgan fingerprint density at radius 2 is 1.74 bits per heavy atom. The van der Waals surface area contributed by atoms with Crippen molar-refractivity contribution in [2.45, 2.75) is 131 Å². The van der Waals surface area contributed by atoms with Crippen LogP contribution in [0.1, 0.15) is 119 Å². The molecule has 0 amide bonds. The van der Waals surface area contributed by atoms with E-state index in [1.807, 2.05) is 0 Å². The first-order valence-corrected chi connectivity index (χ1v) is 15.4. The molecule has 3 heteroatoms. The molecule has 5 fully saturated rings. The molecule has 0 aromatic rings. The number of esters is 1. The summed E-state index contributed by atoms with van der Waals surface area (Å²) in [5.74, 6) is 6.69. The zero-order valence-corrected chi connectivity index (χ0v) is 23.7. The SMILES string of the molecule is CC(=O)O[C@H]1CO[C@@H]2C[C@@H]3CC[C@@H]4[C@H](CC[C@]5(C)[C@@H]([C@H](C)CCCC(C)C)CC[C@@H]45)[C@@]3(C)C[C@H]2C1. The van der Waals surface area contributed by atoms with E-state index < -0.39 is 0 Å². The van der Waals surface area contributed by atoms with Gasteiger partial charge >= 0.3 is 5.97 Å². The van der Waals surface area contributed by atoms with Crippen LogP contribution < -0.4 is 0 Å². The molecule has 4 saturated carbocycles. The zero-order valence-electron chi connectivity index (χ0n) is 23.7. The van der Waals surface area contributed by atoms with Crippen molar-refractivity contribution < 1.29 is 14.3 Å². The molecular formula is C32H54O3. The van der Waals surface area contributed by atoms with E-state index in [9.17, 15) is 4.79 Å². The summed E-state index contributed by atoms with van der Waals surface area (Å²) in [6.07, 6.45) is 16.9. The maximum atomic E-state index is 11.6. The topological polar surface area (TPSA) is 35.5 Å². The van der Waals surface area contributed by atoms with E-state index in [0.29, 0.717) is 29.5 Å².